The van der Waals surface area contributed by atoms with Gasteiger partial charge in [-0.2, -0.15) is 0 Å². The number of aryl methyl sites for hydroxylation is 1. The first-order valence-electron chi connectivity index (χ1n) is 8.86. The van der Waals surface area contributed by atoms with E-state index in [1.54, 1.807) is 24.0 Å². The number of nitrogens with one attached hydrogen (secondary N) is 1. The van der Waals surface area contributed by atoms with Crippen LogP contribution in [0.5, 0.6) is 0 Å². The van der Waals surface area contributed by atoms with E-state index in [2.05, 4.69) is 10.3 Å². The first-order chi connectivity index (χ1) is 13.1. The number of benzene rings is 2. The van der Waals surface area contributed by atoms with Gasteiger partial charge in [-0.25, -0.2) is 4.98 Å². The summed E-state index contributed by atoms with van der Waals surface area (Å²) in [4.78, 5) is 30.7. The molecule has 4 rings (SSSR count). The molecule has 1 aliphatic rings. The predicted molar refractivity (Wildman–Crippen MR) is 103 cm³/mol. The fraction of sp³-hybridized carbons (Fsp3) is 0.190. The van der Waals surface area contributed by atoms with Gasteiger partial charge in [0.2, 0.25) is 11.8 Å². The predicted octanol–water partition coefficient (Wildman–Crippen LogP) is 4.03. The fourth-order valence-electron chi connectivity index (χ4n) is 3.17. The Kier molecular flexibility index (Phi) is 4.46. The molecule has 2 aromatic carbocycles. The summed E-state index contributed by atoms with van der Waals surface area (Å²) in [6.07, 6.45) is 1.42. The Labute approximate surface area is 156 Å². The second-order valence-corrected chi connectivity index (χ2v) is 6.44. The van der Waals surface area contributed by atoms with Crippen molar-refractivity contribution in [2.75, 3.05) is 16.8 Å². The summed E-state index contributed by atoms with van der Waals surface area (Å²) in [5.41, 5.74) is 2.46. The summed E-state index contributed by atoms with van der Waals surface area (Å²) in [6, 6.07) is 16.7. The molecule has 27 heavy (non-hydrogen) atoms. The van der Waals surface area contributed by atoms with Crippen molar-refractivity contribution in [1.82, 2.24) is 4.98 Å². The maximum absolute atomic E-state index is 12.7. The highest BCUT2D eigenvalue weighted by Gasteiger charge is 2.22. The summed E-state index contributed by atoms with van der Waals surface area (Å²) in [5, 5.41) is 2.84. The molecule has 0 spiro atoms. The van der Waals surface area contributed by atoms with Gasteiger partial charge in [0.25, 0.3) is 5.91 Å². The molecule has 3 aromatic rings. The Morgan fingerprint density at radius 3 is 2.70 bits per heavy atom. The summed E-state index contributed by atoms with van der Waals surface area (Å²) in [5.74, 6) is 0.633. The Balaban J connectivity index is 1.55. The average molecular weight is 361 g/mol. The zero-order valence-corrected chi connectivity index (χ0v) is 14.9. The average Bonchev–Trinajstić information content (AvgIpc) is 3.28. The largest absolute Gasteiger partial charge is 0.441 e. The summed E-state index contributed by atoms with van der Waals surface area (Å²) < 4.78 is 5.65. The summed E-state index contributed by atoms with van der Waals surface area (Å²) in [7, 11) is 0. The van der Waals surface area contributed by atoms with Crippen molar-refractivity contribution in [3.05, 3.63) is 66.1 Å². The van der Waals surface area contributed by atoms with Gasteiger partial charge in [-0.3, -0.25) is 9.59 Å². The standard InChI is InChI=1S/C21H19N3O3/c1-14-19(23-21(27-14)15-7-3-2-4-8-15)20(26)22-16-9-5-10-17(13-16)24-12-6-11-18(24)25/h2-5,7-10,13H,6,11-12H2,1H3,(H,22,26). The number of hydrogen-bond donors (Lipinski definition) is 1. The van der Waals surface area contributed by atoms with Crippen LogP contribution in [0.15, 0.2) is 59.0 Å². The molecule has 0 aliphatic carbocycles. The van der Waals surface area contributed by atoms with Crippen molar-refractivity contribution in [2.45, 2.75) is 19.8 Å². The number of hydrogen-bond acceptors (Lipinski definition) is 4. The maximum Gasteiger partial charge on any atom is 0.277 e. The Hall–Kier alpha value is -3.41. The van der Waals surface area contributed by atoms with Crippen LogP contribution in [0.3, 0.4) is 0 Å². The minimum absolute atomic E-state index is 0.110. The van der Waals surface area contributed by atoms with E-state index in [0.717, 1.165) is 17.7 Å². The van der Waals surface area contributed by atoms with E-state index in [9.17, 15) is 9.59 Å². The highest BCUT2D eigenvalue weighted by Crippen LogP contribution is 2.25. The molecule has 1 saturated heterocycles. The number of nitrogens with zero attached hydrogens (tertiary/aromatic N) is 2. The van der Waals surface area contributed by atoms with Gasteiger partial charge in [0, 0.05) is 29.9 Å². The van der Waals surface area contributed by atoms with Gasteiger partial charge >= 0.3 is 0 Å². The number of carbonyl (C=O) groups is 2. The molecule has 0 atom stereocenters. The normalized spacial score (nSPS) is 13.8. The number of aromatic nitrogens is 1. The first kappa shape index (κ1) is 17.0. The van der Waals surface area contributed by atoms with E-state index in [1.807, 2.05) is 42.5 Å². The van der Waals surface area contributed by atoms with Gasteiger partial charge in [0.1, 0.15) is 5.76 Å². The van der Waals surface area contributed by atoms with Crippen molar-refractivity contribution in [3.8, 4) is 11.5 Å². The molecule has 1 aromatic heterocycles. The number of carbonyl (C=O) groups excluding carboxylic acids is 2. The molecule has 6 nitrogen and oxygen atoms in total. The molecule has 0 unspecified atom stereocenters. The van der Waals surface area contributed by atoms with Crippen molar-refractivity contribution < 1.29 is 14.0 Å². The molecule has 2 heterocycles. The van der Waals surface area contributed by atoms with Crippen molar-refractivity contribution in [1.29, 1.82) is 0 Å². The van der Waals surface area contributed by atoms with Gasteiger partial charge in [-0.05, 0) is 43.7 Å². The van der Waals surface area contributed by atoms with Crippen LogP contribution in [-0.2, 0) is 4.79 Å². The zero-order chi connectivity index (χ0) is 18.8. The Bertz CT molecular complexity index is 995. The third-order valence-electron chi connectivity index (χ3n) is 4.52. The quantitative estimate of drug-likeness (QED) is 0.761. The van der Waals surface area contributed by atoms with Crippen LogP contribution in [0.2, 0.25) is 0 Å². The molecule has 1 aliphatic heterocycles. The van der Waals surface area contributed by atoms with Gasteiger partial charge in [0.05, 0.1) is 0 Å². The van der Waals surface area contributed by atoms with Crippen molar-refractivity contribution in [3.63, 3.8) is 0 Å². The maximum atomic E-state index is 12.7. The molecular weight excluding hydrogens is 342 g/mol. The van der Waals surface area contributed by atoms with E-state index < -0.39 is 0 Å². The third kappa shape index (κ3) is 3.46. The van der Waals surface area contributed by atoms with Crippen LogP contribution in [0.25, 0.3) is 11.5 Å². The van der Waals surface area contributed by atoms with Crippen LogP contribution in [0.4, 0.5) is 11.4 Å². The summed E-state index contributed by atoms with van der Waals surface area (Å²) in [6.45, 7) is 2.42. The lowest BCUT2D eigenvalue weighted by Crippen LogP contribution is -2.23. The van der Waals surface area contributed by atoms with Gasteiger partial charge in [-0.15, -0.1) is 0 Å². The number of amides is 2. The first-order valence-corrected chi connectivity index (χ1v) is 8.86. The third-order valence-corrected chi connectivity index (χ3v) is 4.52. The number of oxazole rings is 1. The lowest BCUT2D eigenvalue weighted by Gasteiger charge is -2.16. The fourth-order valence-corrected chi connectivity index (χ4v) is 3.17. The molecule has 0 saturated carbocycles. The molecule has 6 heteroatoms. The Morgan fingerprint density at radius 1 is 1.15 bits per heavy atom. The highest BCUT2D eigenvalue weighted by molar-refractivity contribution is 6.04. The van der Waals surface area contributed by atoms with Crippen LogP contribution in [0, 0.1) is 6.92 Å². The molecule has 1 fully saturated rings. The monoisotopic (exact) mass is 361 g/mol. The highest BCUT2D eigenvalue weighted by atomic mass is 16.4. The minimum atomic E-state index is -0.344. The topological polar surface area (TPSA) is 75.4 Å². The molecule has 1 N–H and O–H groups in total. The van der Waals surface area contributed by atoms with Crippen LogP contribution >= 0.6 is 0 Å². The second kappa shape index (κ2) is 7.07. The SMILES string of the molecule is Cc1oc(-c2ccccc2)nc1C(=O)Nc1cccc(N2CCCC2=O)c1. The van der Waals surface area contributed by atoms with Crippen molar-refractivity contribution in [2.24, 2.45) is 0 Å². The van der Waals surface area contributed by atoms with Gasteiger partial charge in [0.15, 0.2) is 5.69 Å². The van der Waals surface area contributed by atoms with E-state index in [-0.39, 0.29) is 17.5 Å². The molecule has 136 valence electrons. The number of rotatable bonds is 4. The second-order valence-electron chi connectivity index (χ2n) is 6.44. The lowest BCUT2D eigenvalue weighted by molar-refractivity contribution is -0.117. The van der Waals surface area contributed by atoms with E-state index in [0.29, 0.717) is 30.3 Å². The van der Waals surface area contributed by atoms with E-state index in [1.165, 1.54) is 0 Å². The van der Waals surface area contributed by atoms with Crippen LogP contribution in [-0.4, -0.2) is 23.3 Å². The Morgan fingerprint density at radius 2 is 1.96 bits per heavy atom. The number of anilines is 2. The van der Waals surface area contributed by atoms with Crippen molar-refractivity contribution >= 4 is 23.2 Å². The van der Waals surface area contributed by atoms with Crippen LogP contribution in [0.1, 0.15) is 29.1 Å². The molecular formula is C21H19N3O3. The van der Waals surface area contributed by atoms with Crippen LogP contribution < -0.4 is 10.2 Å². The smallest absolute Gasteiger partial charge is 0.277 e. The molecule has 0 radical (unpaired) electrons. The molecule has 2 amide bonds. The van der Waals surface area contributed by atoms with E-state index in [4.69, 9.17) is 4.42 Å². The molecule has 0 bridgehead atoms. The minimum Gasteiger partial charge on any atom is -0.441 e. The van der Waals surface area contributed by atoms with Gasteiger partial charge < -0.3 is 14.6 Å². The lowest BCUT2D eigenvalue weighted by atomic mass is 10.2. The van der Waals surface area contributed by atoms with Gasteiger partial charge in [-0.1, -0.05) is 24.3 Å². The zero-order valence-electron chi connectivity index (χ0n) is 14.9. The van der Waals surface area contributed by atoms with E-state index >= 15 is 0 Å². The summed E-state index contributed by atoms with van der Waals surface area (Å²) >= 11 is 0.